The molecular weight excluding hydrogens is 414 g/mol. The quantitative estimate of drug-likeness (QED) is 0.298. The minimum absolute atomic E-state index is 0.180. The highest BCUT2D eigenvalue weighted by atomic mass is 16.7. The molecule has 2 saturated heterocycles. The van der Waals surface area contributed by atoms with Crippen LogP contribution in [0.15, 0.2) is 24.3 Å². The monoisotopic (exact) mass is 443 g/mol. The number of carbonyl (C=O) groups excluding carboxylic acids is 1. The number of nitrogens with one attached hydrogen (secondary N) is 1. The Hall–Kier alpha value is -1.83. The molecule has 8 atom stereocenters. The number of aliphatic hydroxyl groups excluding tert-OH is 5. The predicted octanol–water partition coefficient (Wildman–Crippen LogP) is -1.29. The fraction of sp³-hybridized carbons (Fsp3) is 0.650. The number of benzene rings is 1. The van der Waals surface area contributed by atoms with E-state index in [1.54, 1.807) is 24.3 Å². The van der Waals surface area contributed by atoms with E-state index in [0.717, 1.165) is 0 Å². The zero-order valence-corrected chi connectivity index (χ0v) is 17.0. The third kappa shape index (κ3) is 5.90. The van der Waals surface area contributed by atoms with Crippen molar-refractivity contribution in [1.82, 2.24) is 0 Å². The zero-order valence-electron chi connectivity index (χ0n) is 17.0. The Morgan fingerprint density at radius 1 is 1.00 bits per heavy atom. The van der Waals surface area contributed by atoms with Crippen LogP contribution in [0.2, 0.25) is 0 Å². The summed E-state index contributed by atoms with van der Waals surface area (Å²) in [6, 6.07) is 6.74. The van der Waals surface area contributed by atoms with Gasteiger partial charge in [0.05, 0.1) is 19.3 Å². The number of ether oxygens (including phenoxy) is 4. The first-order valence-electron chi connectivity index (χ1n) is 10.1. The first-order chi connectivity index (χ1) is 14.8. The van der Waals surface area contributed by atoms with Crippen molar-refractivity contribution in [3.8, 4) is 5.75 Å². The highest BCUT2D eigenvalue weighted by molar-refractivity contribution is 5.88. The van der Waals surface area contributed by atoms with Gasteiger partial charge in [-0.25, -0.2) is 0 Å². The van der Waals surface area contributed by atoms with Gasteiger partial charge in [0.2, 0.25) is 5.91 Å². The molecule has 2 fully saturated rings. The van der Waals surface area contributed by atoms with Crippen LogP contribution >= 0.6 is 0 Å². The van der Waals surface area contributed by atoms with E-state index in [0.29, 0.717) is 24.3 Å². The number of hydrogen-bond donors (Lipinski definition) is 6. The summed E-state index contributed by atoms with van der Waals surface area (Å²) in [4.78, 5) is 11.1. The minimum Gasteiger partial charge on any atom is -0.465 e. The molecule has 11 heteroatoms. The van der Waals surface area contributed by atoms with Crippen molar-refractivity contribution in [2.75, 3.05) is 18.5 Å². The van der Waals surface area contributed by atoms with E-state index in [2.05, 4.69) is 5.32 Å². The normalized spacial score (nSPS) is 36.1. The Morgan fingerprint density at radius 3 is 2.29 bits per heavy atom. The van der Waals surface area contributed by atoms with E-state index >= 15 is 0 Å². The molecular formula is C20H29NO10. The lowest BCUT2D eigenvalue weighted by Crippen LogP contribution is -2.60. The Morgan fingerprint density at radius 2 is 1.68 bits per heavy atom. The summed E-state index contributed by atoms with van der Waals surface area (Å²) < 4.78 is 22.6. The van der Waals surface area contributed by atoms with Crippen LogP contribution in [0.25, 0.3) is 0 Å². The van der Waals surface area contributed by atoms with Gasteiger partial charge in [0.25, 0.3) is 0 Å². The fourth-order valence-corrected chi connectivity index (χ4v) is 3.56. The van der Waals surface area contributed by atoms with E-state index in [1.807, 2.05) is 0 Å². The van der Waals surface area contributed by atoms with Gasteiger partial charge in [-0.3, -0.25) is 4.79 Å². The van der Waals surface area contributed by atoms with E-state index in [4.69, 9.17) is 18.9 Å². The van der Waals surface area contributed by atoms with Crippen LogP contribution < -0.4 is 10.1 Å². The SMILES string of the molecule is CC(=O)Nc1ccc(O[C@@H]2CC[C@H](OC3OC(CO)[C@@H](O)C(O)[C@H]3O)C(CO)O2)cc1. The average Bonchev–Trinajstić information content (AvgIpc) is 2.76. The first-order valence-corrected chi connectivity index (χ1v) is 10.1. The molecule has 3 rings (SSSR count). The number of anilines is 1. The summed E-state index contributed by atoms with van der Waals surface area (Å²) in [6.45, 7) is 0.466. The van der Waals surface area contributed by atoms with Gasteiger partial charge in [-0.15, -0.1) is 0 Å². The van der Waals surface area contributed by atoms with Gasteiger partial charge in [0.15, 0.2) is 12.6 Å². The molecule has 0 radical (unpaired) electrons. The number of rotatable bonds is 7. The molecule has 1 aromatic rings. The van der Waals surface area contributed by atoms with Crippen LogP contribution in [0.3, 0.4) is 0 Å². The van der Waals surface area contributed by atoms with Crippen molar-refractivity contribution in [2.24, 2.45) is 0 Å². The van der Waals surface area contributed by atoms with E-state index in [1.165, 1.54) is 6.92 Å². The fourth-order valence-electron chi connectivity index (χ4n) is 3.56. The van der Waals surface area contributed by atoms with Crippen LogP contribution in [0.4, 0.5) is 5.69 Å². The average molecular weight is 443 g/mol. The first kappa shape index (κ1) is 23.8. The van der Waals surface area contributed by atoms with Crippen molar-refractivity contribution >= 4 is 11.6 Å². The molecule has 2 aliphatic heterocycles. The molecule has 4 unspecified atom stereocenters. The van der Waals surface area contributed by atoms with Gasteiger partial charge in [-0.1, -0.05) is 0 Å². The van der Waals surface area contributed by atoms with Crippen molar-refractivity contribution < 1.29 is 49.3 Å². The van der Waals surface area contributed by atoms with Gasteiger partial charge < -0.3 is 49.8 Å². The Bertz CT molecular complexity index is 714. The Balaban J connectivity index is 1.56. The molecule has 1 aromatic carbocycles. The number of aliphatic hydroxyl groups is 5. The van der Waals surface area contributed by atoms with E-state index in [9.17, 15) is 30.3 Å². The van der Waals surface area contributed by atoms with Crippen LogP contribution in [-0.4, -0.2) is 93.9 Å². The number of hydrogen-bond acceptors (Lipinski definition) is 10. The summed E-state index contributed by atoms with van der Waals surface area (Å²) in [5.41, 5.74) is 0.630. The third-order valence-electron chi connectivity index (χ3n) is 5.21. The Kier molecular flexibility index (Phi) is 8.19. The topological polar surface area (TPSA) is 167 Å². The number of amides is 1. The lowest BCUT2D eigenvalue weighted by atomic mass is 9.99. The summed E-state index contributed by atoms with van der Waals surface area (Å²) in [7, 11) is 0. The molecule has 11 nitrogen and oxygen atoms in total. The zero-order chi connectivity index (χ0) is 22.5. The molecule has 2 heterocycles. The second-order valence-corrected chi connectivity index (χ2v) is 7.56. The standard InChI is InChI=1S/C20H29NO10/c1-10(24)21-11-2-4-12(5-3-11)28-16-7-6-13(14(8-22)29-16)30-20-19(27)18(26)17(25)15(9-23)31-20/h2-5,13-20,22-23,25-27H,6-9H2,1H3,(H,21,24)/t13-,14?,15?,16-,17+,18?,19+,20?/m0/s1. The van der Waals surface area contributed by atoms with Gasteiger partial charge >= 0.3 is 0 Å². The molecule has 174 valence electrons. The molecule has 0 spiro atoms. The van der Waals surface area contributed by atoms with Crippen LogP contribution in [0.1, 0.15) is 19.8 Å². The van der Waals surface area contributed by atoms with Crippen LogP contribution in [-0.2, 0) is 19.0 Å². The summed E-state index contributed by atoms with van der Waals surface area (Å²) in [5, 5.41) is 51.6. The molecule has 0 saturated carbocycles. The molecule has 0 aliphatic carbocycles. The molecule has 2 aliphatic rings. The summed E-state index contributed by atoms with van der Waals surface area (Å²) in [6.07, 6.45) is -8.27. The van der Waals surface area contributed by atoms with Crippen molar-refractivity contribution in [3.05, 3.63) is 24.3 Å². The van der Waals surface area contributed by atoms with Crippen LogP contribution in [0.5, 0.6) is 5.75 Å². The smallest absolute Gasteiger partial charge is 0.221 e. The molecule has 1 amide bonds. The van der Waals surface area contributed by atoms with Crippen molar-refractivity contribution in [1.29, 1.82) is 0 Å². The molecule has 0 bridgehead atoms. The maximum atomic E-state index is 11.1. The van der Waals surface area contributed by atoms with Gasteiger partial charge in [-0.05, 0) is 30.7 Å². The van der Waals surface area contributed by atoms with Gasteiger partial charge in [0.1, 0.15) is 36.3 Å². The largest absolute Gasteiger partial charge is 0.465 e. The van der Waals surface area contributed by atoms with Gasteiger partial charge in [-0.2, -0.15) is 0 Å². The van der Waals surface area contributed by atoms with E-state index in [-0.39, 0.29) is 12.5 Å². The van der Waals surface area contributed by atoms with Crippen molar-refractivity contribution in [3.63, 3.8) is 0 Å². The second-order valence-electron chi connectivity index (χ2n) is 7.56. The number of carbonyl (C=O) groups is 1. The van der Waals surface area contributed by atoms with Gasteiger partial charge in [0, 0.05) is 19.0 Å². The second kappa shape index (κ2) is 10.7. The molecule has 0 aromatic heterocycles. The minimum atomic E-state index is -1.55. The highest BCUT2D eigenvalue weighted by Crippen LogP contribution is 2.29. The molecule has 31 heavy (non-hydrogen) atoms. The maximum Gasteiger partial charge on any atom is 0.221 e. The lowest BCUT2D eigenvalue weighted by Gasteiger charge is -2.43. The summed E-state index contributed by atoms with van der Waals surface area (Å²) >= 11 is 0. The summed E-state index contributed by atoms with van der Waals surface area (Å²) in [5.74, 6) is 0.338. The highest BCUT2D eigenvalue weighted by Gasteiger charge is 2.46. The van der Waals surface area contributed by atoms with E-state index < -0.39 is 55.8 Å². The predicted molar refractivity (Wildman–Crippen MR) is 105 cm³/mol. The molecule has 6 N–H and O–H groups in total. The Labute approximate surface area is 179 Å². The van der Waals surface area contributed by atoms with Crippen LogP contribution in [0, 0.1) is 0 Å². The lowest BCUT2D eigenvalue weighted by molar-refractivity contribution is -0.329. The third-order valence-corrected chi connectivity index (χ3v) is 5.21. The van der Waals surface area contributed by atoms with Crippen molar-refractivity contribution in [2.45, 2.75) is 69.0 Å². The maximum absolute atomic E-state index is 11.1.